The summed E-state index contributed by atoms with van der Waals surface area (Å²) in [5.74, 6) is -0.229. The van der Waals surface area contributed by atoms with E-state index in [1.165, 1.54) is 12.1 Å². The third kappa shape index (κ3) is 3.08. The first-order valence-electron chi connectivity index (χ1n) is 5.30. The molecule has 0 saturated heterocycles. The van der Waals surface area contributed by atoms with Crippen molar-refractivity contribution in [1.29, 1.82) is 0 Å². The lowest BCUT2D eigenvalue weighted by Crippen LogP contribution is -2.09. The van der Waals surface area contributed by atoms with E-state index >= 15 is 0 Å². The first kappa shape index (κ1) is 12.1. The number of nitrogens with zero attached hydrogens (tertiary/aromatic N) is 2. The second kappa shape index (κ2) is 5.33. The molecule has 90 valence electrons. The van der Waals surface area contributed by atoms with Crippen LogP contribution in [-0.2, 0) is 7.05 Å². The highest BCUT2D eigenvalue weighted by Gasteiger charge is 2.12. The Morgan fingerprint density at radius 3 is 2.94 bits per heavy atom. The summed E-state index contributed by atoms with van der Waals surface area (Å²) in [5, 5.41) is 4.15. The SMILES string of the molecule is Cn1cc(SC(CN)c2cccc(F)c2)cn1. The zero-order valence-electron chi connectivity index (χ0n) is 9.51. The standard InChI is InChI=1S/C12H14FN3S/c1-16-8-11(7-15-16)17-12(6-14)9-3-2-4-10(13)5-9/h2-5,7-8,12H,6,14H2,1H3. The van der Waals surface area contributed by atoms with Crippen LogP contribution in [0.3, 0.4) is 0 Å². The van der Waals surface area contributed by atoms with Crippen LogP contribution in [-0.4, -0.2) is 16.3 Å². The van der Waals surface area contributed by atoms with Crippen molar-refractivity contribution < 1.29 is 4.39 Å². The van der Waals surface area contributed by atoms with E-state index in [-0.39, 0.29) is 11.1 Å². The zero-order chi connectivity index (χ0) is 12.3. The van der Waals surface area contributed by atoms with Gasteiger partial charge in [-0.3, -0.25) is 4.68 Å². The average molecular weight is 251 g/mol. The molecule has 2 rings (SSSR count). The molecule has 17 heavy (non-hydrogen) atoms. The predicted octanol–water partition coefficient (Wildman–Crippen LogP) is 2.35. The van der Waals surface area contributed by atoms with E-state index in [1.807, 2.05) is 19.3 Å². The summed E-state index contributed by atoms with van der Waals surface area (Å²) in [4.78, 5) is 1.03. The largest absolute Gasteiger partial charge is 0.329 e. The van der Waals surface area contributed by atoms with Crippen LogP contribution >= 0.6 is 11.8 Å². The molecule has 0 aliphatic rings. The molecule has 1 aromatic heterocycles. The molecular formula is C12H14FN3S. The van der Waals surface area contributed by atoms with Crippen LogP contribution in [0.5, 0.6) is 0 Å². The van der Waals surface area contributed by atoms with Crippen molar-refractivity contribution in [3.05, 3.63) is 48.0 Å². The Labute approximate surface area is 104 Å². The Morgan fingerprint density at radius 2 is 2.35 bits per heavy atom. The maximum absolute atomic E-state index is 13.1. The van der Waals surface area contributed by atoms with Crippen molar-refractivity contribution >= 4 is 11.8 Å². The van der Waals surface area contributed by atoms with Gasteiger partial charge in [-0.2, -0.15) is 5.10 Å². The summed E-state index contributed by atoms with van der Waals surface area (Å²) in [5.41, 5.74) is 6.64. The van der Waals surface area contributed by atoms with Crippen LogP contribution in [0, 0.1) is 5.82 Å². The van der Waals surface area contributed by atoms with E-state index in [9.17, 15) is 4.39 Å². The summed E-state index contributed by atoms with van der Waals surface area (Å²) in [6, 6.07) is 6.56. The molecule has 5 heteroatoms. The molecule has 1 heterocycles. The number of halogens is 1. The third-order valence-corrected chi connectivity index (χ3v) is 3.63. The van der Waals surface area contributed by atoms with Gasteiger partial charge >= 0.3 is 0 Å². The van der Waals surface area contributed by atoms with E-state index in [0.29, 0.717) is 6.54 Å². The van der Waals surface area contributed by atoms with Crippen molar-refractivity contribution in [1.82, 2.24) is 9.78 Å². The molecule has 0 amide bonds. The first-order chi connectivity index (χ1) is 8.19. The molecule has 1 aromatic carbocycles. The number of hydrogen-bond donors (Lipinski definition) is 1. The topological polar surface area (TPSA) is 43.8 Å². The van der Waals surface area contributed by atoms with E-state index in [1.54, 1.807) is 28.7 Å². The van der Waals surface area contributed by atoms with Gasteiger partial charge in [0, 0.05) is 29.9 Å². The summed E-state index contributed by atoms with van der Waals surface area (Å²) < 4.78 is 14.9. The van der Waals surface area contributed by atoms with Gasteiger partial charge in [0.2, 0.25) is 0 Å². The number of thioether (sulfide) groups is 1. The second-order valence-electron chi connectivity index (χ2n) is 3.75. The quantitative estimate of drug-likeness (QED) is 0.848. The van der Waals surface area contributed by atoms with Gasteiger partial charge in [-0.05, 0) is 17.7 Å². The van der Waals surface area contributed by atoms with E-state index in [2.05, 4.69) is 5.10 Å². The highest BCUT2D eigenvalue weighted by atomic mass is 32.2. The van der Waals surface area contributed by atoms with Gasteiger partial charge in [0.25, 0.3) is 0 Å². The van der Waals surface area contributed by atoms with Crippen molar-refractivity contribution in [2.75, 3.05) is 6.54 Å². The smallest absolute Gasteiger partial charge is 0.123 e. The van der Waals surface area contributed by atoms with Crippen molar-refractivity contribution in [3.8, 4) is 0 Å². The number of rotatable bonds is 4. The molecule has 3 nitrogen and oxygen atoms in total. The molecule has 0 radical (unpaired) electrons. The van der Waals surface area contributed by atoms with Crippen molar-refractivity contribution in [2.45, 2.75) is 10.1 Å². The molecule has 0 aliphatic carbocycles. The van der Waals surface area contributed by atoms with Gasteiger partial charge in [-0.25, -0.2) is 4.39 Å². The fourth-order valence-electron chi connectivity index (χ4n) is 1.58. The van der Waals surface area contributed by atoms with Crippen LogP contribution in [0.15, 0.2) is 41.6 Å². The highest BCUT2D eigenvalue weighted by Crippen LogP contribution is 2.34. The predicted molar refractivity (Wildman–Crippen MR) is 67.3 cm³/mol. The number of hydrogen-bond acceptors (Lipinski definition) is 3. The zero-order valence-corrected chi connectivity index (χ0v) is 10.3. The summed E-state index contributed by atoms with van der Waals surface area (Å²) in [6.07, 6.45) is 3.71. The van der Waals surface area contributed by atoms with Crippen LogP contribution < -0.4 is 5.73 Å². The third-order valence-electron chi connectivity index (χ3n) is 2.39. The molecule has 0 spiro atoms. The molecule has 0 fully saturated rings. The monoisotopic (exact) mass is 251 g/mol. The minimum absolute atomic E-state index is 0.0508. The van der Waals surface area contributed by atoms with Gasteiger partial charge in [-0.1, -0.05) is 12.1 Å². The molecule has 1 unspecified atom stereocenters. The Bertz CT molecular complexity index is 498. The van der Waals surface area contributed by atoms with Gasteiger partial charge in [0.15, 0.2) is 0 Å². The minimum atomic E-state index is -0.229. The number of benzene rings is 1. The van der Waals surface area contributed by atoms with Crippen LogP contribution in [0.2, 0.25) is 0 Å². The normalized spacial score (nSPS) is 12.6. The maximum atomic E-state index is 13.1. The maximum Gasteiger partial charge on any atom is 0.123 e. The van der Waals surface area contributed by atoms with Crippen molar-refractivity contribution in [3.63, 3.8) is 0 Å². The molecule has 0 bridgehead atoms. The van der Waals surface area contributed by atoms with Gasteiger partial charge in [0.1, 0.15) is 5.82 Å². The summed E-state index contributed by atoms with van der Waals surface area (Å²) in [7, 11) is 1.86. The molecule has 1 atom stereocenters. The molecule has 0 saturated carbocycles. The lowest BCUT2D eigenvalue weighted by atomic mass is 10.1. The Balaban J connectivity index is 2.16. The Morgan fingerprint density at radius 1 is 1.53 bits per heavy atom. The Hall–Kier alpha value is -1.33. The van der Waals surface area contributed by atoms with Gasteiger partial charge < -0.3 is 5.73 Å². The fraction of sp³-hybridized carbons (Fsp3) is 0.250. The van der Waals surface area contributed by atoms with Crippen LogP contribution in [0.25, 0.3) is 0 Å². The Kier molecular flexibility index (Phi) is 3.81. The average Bonchev–Trinajstić information content (AvgIpc) is 2.72. The lowest BCUT2D eigenvalue weighted by molar-refractivity contribution is 0.625. The molecular weight excluding hydrogens is 237 g/mol. The number of nitrogens with two attached hydrogens (primary N) is 1. The number of aromatic nitrogens is 2. The molecule has 2 N–H and O–H groups in total. The minimum Gasteiger partial charge on any atom is -0.329 e. The highest BCUT2D eigenvalue weighted by molar-refractivity contribution is 7.99. The fourth-order valence-corrected chi connectivity index (χ4v) is 2.61. The van der Waals surface area contributed by atoms with E-state index < -0.39 is 0 Å². The van der Waals surface area contributed by atoms with Gasteiger partial charge in [-0.15, -0.1) is 11.8 Å². The van der Waals surface area contributed by atoms with Gasteiger partial charge in [0.05, 0.1) is 6.20 Å². The first-order valence-corrected chi connectivity index (χ1v) is 6.18. The van der Waals surface area contributed by atoms with E-state index in [4.69, 9.17) is 5.73 Å². The molecule has 0 aliphatic heterocycles. The van der Waals surface area contributed by atoms with Crippen molar-refractivity contribution in [2.24, 2.45) is 12.8 Å². The second-order valence-corrected chi connectivity index (χ2v) is 5.02. The lowest BCUT2D eigenvalue weighted by Gasteiger charge is -2.13. The summed E-state index contributed by atoms with van der Waals surface area (Å²) in [6.45, 7) is 0.461. The van der Waals surface area contributed by atoms with E-state index in [0.717, 1.165) is 10.5 Å². The summed E-state index contributed by atoms with van der Waals surface area (Å²) >= 11 is 1.60. The van der Waals surface area contributed by atoms with Crippen LogP contribution in [0.1, 0.15) is 10.8 Å². The molecule has 2 aromatic rings. The number of aryl methyl sites for hydroxylation is 1. The van der Waals surface area contributed by atoms with Crippen LogP contribution in [0.4, 0.5) is 4.39 Å².